The number of phenolic OH excluding ortho intramolecular Hbond substituents is 1. The number of hydrogen-bond acceptors (Lipinski definition) is 4. The van der Waals surface area contributed by atoms with Gasteiger partial charge in [-0.3, -0.25) is 9.98 Å². The maximum atomic E-state index is 10.3. The summed E-state index contributed by atoms with van der Waals surface area (Å²) in [5.41, 5.74) is 10.3. The first-order chi connectivity index (χ1) is 10.3. The summed E-state index contributed by atoms with van der Waals surface area (Å²) in [6.45, 7) is 0.750. The minimum absolute atomic E-state index is 0.0861. The van der Waals surface area contributed by atoms with E-state index in [9.17, 15) is 5.11 Å². The third-order valence-electron chi connectivity index (χ3n) is 4.11. The summed E-state index contributed by atoms with van der Waals surface area (Å²) in [6.07, 6.45) is 3.37. The van der Waals surface area contributed by atoms with Crippen LogP contribution in [0.3, 0.4) is 0 Å². The molecule has 3 N–H and O–H groups in total. The summed E-state index contributed by atoms with van der Waals surface area (Å²) in [7, 11) is 0. The van der Waals surface area contributed by atoms with Crippen LogP contribution in [0.15, 0.2) is 40.3 Å². The van der Waals surface area contributed by atoms with Crippen molar-refractivity contribution in [2.24, 2.45) is 9.98 Å². The van der Waals surface area contributed by atoms with E-state index in [1.165, 1.54) is 0 Å². The van der Waals surface area contributed by atoms with Gasteiger partial charge in [0.25, 0.3) is 0 Å². The molecule has 0 amide bonds. The van der Waals surface area contributed by atoms with Gasteiger partial charge in [0.05, 0.1) is 11.0 Å². The summed E-state index contributed by atoms with van der Waals surface area (Å²) in [5, 5.41) is 12.2. The number of rotatable bonds is 2. The summed E-state index contributed by atoms with van der Waals surface area (Å²) in [5.74, 6) is 0.0861. The zero-order valence-corrected chi connectivity index (χ0v) is 11.5. The normalized spacial score (nSPS) is 15.0. The van der Waals surface area contributed by atoms with E-state index < -0.39 is 0 Å². The highest BCUT2D eigenvalue weighted by Crippen LogP contribution is 2.33. The Kier molecular flexibility index (Phi) is 2.57. The minimum atomic E-state index is 0.0861. The Morgan fingerprint density at radius 1 is 1.19 bits per heavy atom. The van der Waals surface area contributed by atoms with Gasteiger partial charge in [0.2, 0.25) is 0 Å². The number of nitrogens with two attached hydrogens (primary N) is 1. The van der Waals surface area contributed by atoms with Crippen LogP contribution in [0.1, 0.15) is 17.5 Å². The summed E-state index contributed by atoms with van der Waals surface area (Å²) < 4.78 is 0. The lowest BCUT2D eigenvalue weighted by atomic mass is 9.97. The number of phenols is 1. The Balaban J connectivity index is 2.00. The van der Waals surface area contributed by atoms with Gasteiger partial charge in [-0.25, -0.2) is 0 Å². The lowest BCUT2D eigenvalue weighted by Gasteiger charge is -2.13. The third-order valence-corrected chi connectivity index (χ3v) is 4.11. The van der Waals surface area contributed by atoms with E-state index in [0.29, 0.717) is 17.8 Å². The van der Waals surface area contributed by atoms with E-state index in [-0.39, 0.29) is 5.75 Å². The number of anilines is 1. The van der Waals surface area contributed by atoms with E-state index in [2.05, 4.69) is 22.1 Å². The molecule has 4 heteroatoms. The second-order valence-corrected chi connectivity index (χ2v) is 5.39. The van der Waals surface area contributed by atoms with Crippen molar-refractivity contribution in [2.75, 3.05) is 12.3 Å². The van der Waals surface area contributed by atoms with Crippen LogP contribution in [-0.4, -0.2) is 17.9 Å². The zero-order valence-electron chi connectivity index (χ0n) is 11.5. The number of nitrogens with zero attached hydrogens (tertiary/aromatic N) is 2. The van der Waals surface area contributed by atoms with Crippen molar-refractivity contribution < 1.29 is 5.11 Å². The van der Waals surface area contributed by atoms with E-state index in [0.717, 1.165) is 40.2 Å². The van der Waals surface area contributed by atoms with E-state index in [4.69, 9.17) is 5.73 Å². The standard InChI is InChI=1S/C17H15N3O/c18-14-12(8-10-4-2-1-3-5-10)15-13-11(6-7-19-15)9-20-16(13)17(14)21/h1-5,9,21H,6-8,18H2. The van der Waals surface area contributed by atoms with Crippen LogP contribution in [0.5, 0.6) is 5.75 Å². The van der Waals surface area contributed by atoms with Crippen LogP contribution in [0.25, 0.3) is 5.57 Å². The van der Waals surface area contributed by atoms with Gasteiger partial charge < -0.3 is 10.8 Å². The van der Waals surface area contributed by atoms with Crippen LogP contribution in [0.2, 0.25) is 0 Å². The van der Waals surface area contributed by atoms with Crippen LogP contribution in [-0.2, 0) is 6.42 Å². The monoisotopic (exact) mass is 277 g/mol. The lowest BCUT2D eigenvalue weighted by molar-refractivity contribution is 0.478. The van der Waals surface area contributed by atoms with E-state index in [1.807, 2.05) is 24.4 Å². The number of nitrogen functional groups attached to an aromatic ring is 1. The molecule has 4 rings (SSSR count). The quantitative estimate of drug-likeness (QED) is 0.644. The Morgan fingerprint density at radius 3 is 2.81 bits per heavy atom. The molecule has 0 radical (unpaired) electrons. The van der Waals surface area contributed by atoms with Crippen molar-refractivity contribution in [3.05, 3.63) is 52.0 Å². The molecule has 0 bridgehead atoms. The number of aromatic hydroxyl groups is 1. The van der Waals surface area contributed by atoms with Gasteiger partial charge >= 0.3 is 0 Å². The molecule has 0 unspecified atom stereocenters. The molecular formula is C17H15N3O. The summed E-state index contributed by atoms with van der Waals surface area (Å²) >= 11 is 0. The zero-order chi connectivity index (χ0) is 14.4. The molecule has 0 aliphatic carbocycles. The highest BCUT2D eigenvalue weighted by Gasteiger charge is 2.22. The van der Waals surface area contributed by atoms with Gasteiger partial charge in [-0.05, 0) is 17.6 Å². The number of aliphatic imine (C=N–C) groups is 1. The second kappa shape index (κ2) is 4.45. The molecule has 0 fully saturated rings. The number of hydrogen-bond donors (Lipinski definition) is 2. The maximum absolute atomic E-state index is 10.3. The van der Waals surface area contributed by atoms with Gasteiger partial charge in [0.15, 0.2) is 5.75 Å². The molecule has 104 valence electrons. The molecule has 2 heterocycles. The first kappa shape index (κ1) is 12.1. The largest absolute Gasteiger partial charge is 0.504 e. The molecule has 0 atom stereocenters. The molecular weight excluding hydrogens is 262 g/mol. The number of benzene rings is 2. The van der Waals surface area contributed by atoms with Gasteiger partial charge in [0.1, 0.15) is 5.69 Å². The fourth-order valence-corrected chi connectivity index (χ4v) is 3.05. The van der Waals surface area contributed by atoms with Gasteiger partial charge in [-0.1, -0.05) is 30.3 Å². The Labute approximate surface area is 122 Å². The molecule has 0 aromatic heterocycles. The first-order valence-electron chi connectivity index (χ1n) is 7.04. The molecule has 4 nitrogen and oxygen atoms in total. The van der Waals surface area contributed by atoms with Gasteiger partial charge in [0, 0.05) is 30.0 Å². The molecule has 2 aliphatic rings. The fourth-order valence-electron chi connectivity index (χ4n) is 3.05. The highest BCUT2D eigenvalue weighted by atomic mass is 16.3. The minimum Gasteiger partial charge on any atom is -0.504 e. The van der Waals surface area contributed by atoms with Crippen molar-refractivity contribution in [1.29, 1.82) is 0 Å². The molecule has 0 saturated carbocycles. The molecule has 2 aliphatic heterocycles. The van der Waals surface area contributed by atoms with Crippen LogP contribution < -0.4 is 16.3 Å². The Morgan fingerprint density at radius 2 is 2.00 bits per heavy atom. The van der Waals surface area contributed by atoms with Crippen molar-refractivity contribution in [1.82, 2.24) is 0 Å². The average molecular weight is 277 g/mol. The SMILES string of the molecule is Nc1c(O)c2c3c(c1Cc1ccccc1)=NCCC=3C=N2. The van der Waals surface area contributed by atoms with Crippen LogP contribution >= 0.6 is 0 Å². The molecule has 2 aromatic rings. The van der Waals surface area contributed by atoms with Gasteiger partial charge in [-0.2, -0.15) is 0 Å². The molecule has 0 spiro atoms. The predicted molar refractivity (Wildman–Crippen MR) is 83.6 cm³/mol. The van der Waals surface area contributed by atoms with Crippen LogP contribution in [0.4, 0.5) is 11.4 Å². The van der Waals surface area contributed by atoms with Crippen LogP contribution in [0, 0.1) is 0 Å². The van der Waals surface area contributed by atoms with Crippen molar-refractivity contribution in [2.45, 2.75) is 12.8 Å². The highest BCUT2D eigenvalue weighted by molar-refractivity contribution is 6.08. The predicted octanol–water partition coefficient (Wildman–Crippen LogP) is 1.46. The van der Waals surface area contributed by atoms with Crippen molar-refractivity contribution in [3.8, 4) is 5.75 Å². The third kappa shape index (κ3) is 1.76. The molecule has 21 heavy (non-hydrogen) atoms. The van der Waals surface area contributed by atoms with Gasteiger partial charge in [-0.15, -0.1) is 0 Å². The van der Waals surface area contributed by atoms with E-state index in [1.54, 1.807) is 0 Å². The average Bonchev–Trinajstić information content (AvgIpc) is 2.95. The second-order valence-electron chi connectivity index (χ2n) is 5.39. The topological polar surface area (TPSA) is 71.0 Å². The fraction of sp³-hybridized carbons (Fsp3) is 0.176. The Hall–Kier alpha value is -2.62. The molecule has 2 aromatic carbocycles. The lowest BCUT2D eigenvalue weighted by Crippen LogP contribution is -2.34. The smallest absolute Gasteiger partial charge is 0.165 e. The summed E-state index contributed by atoms with van der Waals surface area (Å²) in [4.78, 5) is 8.96. The molecule has 0 saturated heterocycles. The van der Waals surface area contributed by atoms with E-state index >= 15 is 0 Å². The van der Waals surface area contributed by atoms with Crippen molar-refractivity contribution >= 4 is 23.2 Å². The maximum Gasteiger partial charge on any atom is 0.165 e. The summed E-state index contributed by atoms with van der Waals surface area (Å²) in [6, 6.07) is 10.1. The van der Waals surface area contributed by atoms with Crippen molar-refractivity contribution in [3.63, 3.8) is 0 Å². The Bertz CT molecular complexity index is 883. The first-order valence-corrected chi connectivity index (χ1v) is 7.04.